The number of nitrogens with one attached hydrogen (secondary N) is 1. The molecule has 0 radical (unpaired) electrons. The summed E-state index contributed by atoms with van der Waals surface area (Å²) in [6.45, 7) is 2.41. The Morgan fingerprint density at radius 2 is 2.22 bits per heavy atom. The predicted octanol–water partition coefficient (Wildman–Crippen LogP) is 2.61. The van der Waals surface area contributed by atoms with Gasteiger partial charge in [-0.25, -0.2) is 4.98 Å². The zero-order chi connectivity index (χ0) is 13.0. The molecule has 4 nitrogen and oxygen atoms in total. The van der Waals surface area contributed by atoms with E-state index in [2.05, 4.69) is 10.3 Å². The van der Waals surface area contributed by atoms with Gasteiger partial charge in [0.1, 0.15) is 5.75 Å². The zero-order valence-electron chi connectivity index (χ0n) is 10.4. The first kappa shape index (κ1) is 12.9. The number of aliphatic hydroxyl groups is 1. The van der Waals surface area contributed by atoms with Crippen molar-refractivity contribution in [2.75, 3.05) is 19.0 Å². The van der Waals surface area contributed by atoms with Gasteiger partial charge in [0.05, 0.1) is 13.2 Å². The van der Waals surface area contributed by atoms with Crippen LogP contribution in [0.2, 0.25) is 0 Å². The van der Waals surface area contributed by atoms with Crippen LogP contribution in [0.3, 0.4) is 0 Å². The molecule has 2 aromatic rings. The van der Waals surface area contributed by atoms with Gasteiger partial charge in [-0.2, -0.15) is 0 Å². The molecule has 0 saturated heterocycles. The molecule has 96 valence electrons. The molecule has 0 aliphatic rings. The Morgan fingerprint density at radius 1 is 1.44 bits per heavy atom. The number of thiazole rings is 1. The van der Waals surface area contributed by atoms with E-state index in [1.807, 2.05) is 37.4 Å². The number of rotatable bonds is 5. The lowest BCUT2D eigenvalue weighted by Crippen LogP contribution is -2.12. The standard InChI is InChI=1S/C13H16N2O2S/c1-9-7-14-13(18-9)15-8-11(16)10-5-3-4-6-12(10)17-2/h3-7,11,16H,8H2,1-2H3,(H,14,15). The number of benzene rings is 1. The van der Waals surface area contributed by atoms with Gasteiger partial charge in [0.2, 0.25) is 0 Å². The van der Waals surface area contributed by atoms with E-state index in [-0.39, 0.29) is 0 Å². The highest BCUT2D eigenvalue weighted by atomic mass is 32.1. The van der Waals surface area contributed by atoms with Crippen molar-refractivity contribution in [2.45, 2.75) is 13.0 Å². The van der Waals surface area contributed by atoms with E-state index in [4.69, 9.17) is 4.74 Å². The summed E-state index contributed by atoms with van der Waals surface area (Å²) in [5.41, 5.74) is 0.778. The third-order valence-electron chi connectivity index (χ3n) is 2.57. The van der Waals surface area contributed by atoms with Crippen molar-refractivity contribution in [3.05, 3.63) is 40.9 Å². The van der Waals surface area contributed by atoms with Gasteiger partial charge < -0.3 is 15.2 Å². The fourth-order valence-electron chi connectivity index (χ4n) is 1.67. The topological polar surface area (TPSA) is 54.4 Å². The number of aryl methyl sites for hydroxylation is 1. The van der Waals surface area contributed by atoms with Gasteiger partial charge in [-0.15, -0.1) is 11.3 Å². The molecule has 1 aromatic carbocycles. The van der Waals surface area contributed by atoms with Gasteiger partial charge in [-0.3, -0.25) is 0 Å². The number of aromatic nitrogens is 1. The fourth-order valence-corrected chi connectivity index (χ4v) is 2.34. The maximum Gasteiger partial charge on any atom is 0.182 e. The summed E-state index contributed by atoms with van der Waals surface area (Å²) < 4.78 is 5.22. The average molecular weight is 264 g/mol. The molecule has 0 bridgehead atoms. The van der Waals surface area contributed by atoms with Crippen molar-refractivity contribution in [3.8, 4) is 5.75 Å². The molecule has 2 rings (SSSR count). The number of methoxy groups -OCH3 is 1. The highest BCUT2D eigenvalue weighted by molar-refractivity contribution is 7.15. The first-order valence-electron chi connectivity index (χ1n) is 5.68. The SMILES string of the molecule is COc1ccccc1C(O)CNc1ncc(C)s1. The van der Waals surface area contributed by atoms with Gasteiger partial charge in [-0.1, -0.05) is 18.2 Å². The lowest BCUT2D eigenvalue weighted by molar-refractivity contribution is 0.187. The molecule has 1 aromatic heterocycles. The van der Waals surface area contributed by atoms with E-state index in [1.54, 1.807) is 18.4 Å². The molecule has 0 saturated carbocycles. The maximum atomic E-state index is 10.1. The largest absolute Gasteiger partial charge is 0.496 e. The fraction of sp³-hybridized carbons (Fsp3) is 0.308. The van der Waals surface area contributed by atoms with Crippen molar-refractivity contribution in [3.63, 3.8) is 0 Å². The molecular weight excluding hydrogens is 248 g/mol. The number of para-hydroxylation sites is 1. The molecule has 0 fully saturated rings. The number of ether oxygens (including phenoxy) is 1. The van der Waals surface area contributed by atoms with Crippen molar-refractivity contribution in [2.24, 2.45) is 0 Å². The average Bonchev–Trinajstić information content (AvgIpc) is 2.81. The second-order valence-electron chi connectivity index (χ2n) is 3.91. The Hall–Kier alpha value is -1.59. The molecule has 1 unspecified atom stereocenters. The maximum absolute atomic E-state index is 10.1. The molecule has 5 heteroatoms. The minimum absolute atomic E-state index is 0.410. The Bertz CT molecular complexity index is 513. The van der Waals surface area contributed by atoms with E-state index in [1.165, 1.54) is 0 Å². The molecule has 1 heterocycles. The van der Waals surface area contributed by atoms with Gasteiger partial charge >= 0.3 is 0 Å². The summed E-state index contributed by atoms with van der Waals surface area (Å²) in [6, 6.07) is 7.46. The Kier molecular flexibility index (Phi) is 4.17. The Labute approximate surface area is 110 Å². The van der Waals surface area contributed by atoms with Crippen LogP contribution in [-0.4, -0.2) is 23.7 Å². The second-order valence-corrected chi connectivity index (χ2v) is 5.15. The lowest BCUT2D eigenvalue weighted by atomic mass is 10.1. The van der Waals surface area contributed by atoms with E-state index >= 15 is 0 Å². The van der Waals surface area contributed by atoms with Crippen LogP contribution >= 0.6 is 11.3 Å². The second kappa shape index (κ2) is 5.84. The third kappa shape index (κ3) is 3.00. The molecule has 18 heavy (non-hydrogen) atoms. The van der Waals surface area contributed by atoms with Gasteiger partial charge in [0.15, 0.2) is 5.13 Å². The number of aliphatic hydroxyl groups excluding tert-OH is 1. The lowest BCUT2D eigenvalue weighted by Gasteiger charge is -2.14. The minimum Gasteiger partial charge on any atom is -0.496 e. The zero-order valence-corrected chi connectivity index (χ0v) is 11.2. The van der Waals surface area contributed by atoms with Crippen molar-refractivity contribution >= 4 is 16.5 Å². The summed E-state index contributed by atoms with van der Waals surface area (Å²) in [4.78, 5) is 5.33. The number of hydrogen-bond acceptors (Lipinski definition) is 5. The molecule has 0 amide bonds. The molecular formula is C13H16N2O2S. The summed E-state index contributed by atoms with van der Waals surface area (Å²) in [5.74, 6) is 0.696. The number of hydrogen-bond donors (Lipinski definition) is 2. The monoisotopic (exact) mass is 264 g/mol. The van der Waals surface area contributed by atoms with Crippen LogP contribution < -0.4 is 10.1 Å². The van der Waals surface area contributed by atoms with Crippen LogP contribution in [0.1, 0.15) is 16.5 Å². The van der Waals surface area contributed by atoms with E-state index in [9.17, 15) is 5.11 Å². The first-order chi connectivity index (χ1) is 8.70. The van der Waals surface area contributed by atoms with E-state index in [0.717, 1.165) is 15.6 Å². The molecule has 1 atom stereocenters. The highest BCUT2D eigenvalue weighted by Crippen LogP contribution is 2.25. The summed E-state index contributed by atoms with van der Waals surface area (Å²) in [6.07, 6.45) is 1.19. The van der Waals surface area contributed by atoms with E-state index in [0.29, 0.717) is 12.3 Å². The summed E-state index contributed by atoms with van der Waals surface area (Å²) >= 11 is 1.57. The highest BCUT2D eigenvalue weighted by Gasteiger charge is 2.12. The molecule has 0 aliphatic carbocycles. The third-order valence-corrected chi connectivity index (χ3v) is 3.44. The van der Waals surface area contributed by atoms with Crippen LogP contribution in [-0.2, 0) is 0 Å². The summed E-state index contributed by atoms with van der Waals surface area (Å²) in [7, 11) is 1.60. The smallest absolute Gasteiger partial charge is 0.182 e. The van der Waals surface area contributed by atoms with Gasteiger partial charge in [0, 0.05) is 23.2 Å². The van der Waals surface area contributed by atoms with Crippen LogP contribution in [0.5, 0.6) is 5.75 Å². The molecule has 0 aliphatic heterocycles. The molecule has 0 spiro atoms. The van der Waals surface area contributed by atoms with Crippen LogP contribution in [0.25, 0.3) is 0 Å². The van der Waals surface area contributed by atoms with Crippen molar-refractivity contribution in [1.82, 2.24) is 4.98 Å². The molecule has 2 N–H and O–H groups in total. The van der Waals surface area contributed by atoms with Crippen LogP contribution in [0.4, 0.5) is 5.13 Å². The Morgan fingerprint density at radius 3 is 2.89 bits per heavy atom. The van der Waals surface area contributed by atoms with Crippen molar-refractivity contribution < 1.29 is 9.84 Å². The quantitative estimate of drug-likeness (QED) is 0.871. The minimum atomic E-state index is -0.620. The first-order valence-corrected chi connectivity index (χ1v) is 6.49. The number of anilines is 1. The normalized spacial score (nSPS) is 12.2. The van der Waals surface area contributed by atoms with E-state index < -0.39 is 6.10 Å². The van der Waals surface area contributed by atoms with Crippen LogP contribution in [0, 0.1) is 6.92 Å². The predicted molar refractivity (Wildman–Crippen MR) is 73.3 cm³/mol. The van der Waals surface area contributed by atoms with Crippen molar-refractivity contribution in [1.29, 1.82) is 0 Å². The van der Waals surface area contributed by atoms with Crippen LogP contribution in [0.15, 0.2) is 30.5 Å². The van der Waals surface area contributed by atoms with Gasteiger partial charge in [0.25, 0.3) is 0 Å². The Balaban J connectivity index is 2.01. The van der Waals surface area contributed by atoms with Gasteiger partial charge in [-0.05, 0) is 13.0 Å². The summed E-state index contributed by atoms with van der Waals surface area (Å²) in [5, 5.41) is 14.1. The number of nitrogens with zero attached hydrogens (tertiary/aromatic N) is 1.